The molecular formula is C31H30ClIN4O7. The number of hydrogen-bond acceptors (Lipinski definition) is 8. The van der Waals surface area contributed by atoms with E-state index in [1.165, 1.54) is 13.3 Å². The van der Waals surface area contributed by atoms with Gasteiger partial charge in [0.15, 0.2) is 18.1 Å². The van der Waals surface area contributed by atoms with Crippen LogP contribution < -0.4 is 30.3 Å². The summed E-state index contributed by atoms with van der Waals surface area (Å²) in [5, 5.41) is 9.98. The summed E-state index contributed by atoms with van der Waals surface area (Å²) in [6, 6.07) is 16.7. The van der Waals surface area contributed by atoms with Crippen LogP contribution in [0.2, 0.25) is 5.02 Å². The maximum absolute atomic E-state index is 12.6. The van der Waals surface area contributed by atoms with Crippen molar-refractivity contribution in [1.29, 1.82) is 0 Å². The molecule has 13 heteroatoms. The van der Waals surface area contributed by atoms with Crippen molar-refractivity contribution < 1.29 is 33.3 Å². The zero-order valence-corrected chi connectivity index (χ0v) is 27.0. The highest BCUT2D eigenvalue weighted by Crippen LogP contribution is 2.34. The molecule has 230 valence electrons. The van der Waals surface area contributed by atoms with Crippen molar-refractivity contribution >= 4 is 58.3 Å². The summed E-state index contributed by atoms with van der Waals surface area (Å²) in [6.45, 7) is 3.52. The third kappa shape index (κ3) is 8.41. The molecule has 4 rings (SSSR count). The summed E-state index contributed by atoms with van der Waals surface area (Å²) in [5.41, 5.74) is 5.31. The fraction of sp³-hybridized carbons (Fsp3) is 0.226. The minimum Gasteiger partial charge on any atom is -0.493 e. The number of amides is 3. The van der Waals surface area contributed by atoms with Crippen LogP contribution in [0.25, 0.3) is 0 Å². The minimum atomic E-state index is -0.769. The number of rotatable bonds is 12. The molecule has 1 aliphatic rings. The number of ether oxygens (including phenoxy) is 4. The Bertz CT molecular complexity index is 1610. The van der Waals surface area contributed by atoms with E-state index in [0.717, 1.165) is 14.7 Å². The third-order valence-corrected chi connectivity index (χ3v) is 7.56. The minimum absolute atomic E-state index is 0.185. The van der Waals surface area contributed by atoms with E-state index in [0.29, 0.717) is 34.4 Å². The molecule has 3 N–H and O–H groups in total. The number of halogens is 2. The van der Waals surface area contributed by atoms with Gasteiger partial charge in [0, 0.05) is 16.3 Å². The zero-order chi connectivity index (χ0) is 31.6. The van der Waals surface area contributed by atoms with Crippen LogP contribution in [0.1, 0.15) is 36.6 Å². The Hall–Kier alpha value is -4.30. The molecule has 0 aromatic heterocycles. The summed E-state index contributed by atoms with van der Waals surface area (Å²) >= 11 is 8.37. The summed E-state index contributed by atoms with van der Waals surface area (Å²) in [7, 11) is 1.44. The fourth-order valence-electron chi connectivity index (χ4n) is 4.25. The summed E-state index contributed by atoms with van der Waals surface area (Å²) in [6.07, 6.45) is 1.51. The van der Waals surface area contributed by atoms with Crippen molar-refractivity contribution in [2.24, 2.45) is 5.10 Å². The number of carbonyl (C=O) groups excluding carboxylic acids is 3. The Morgan fingerprint density at radius 3 is 2.57 bits per heavy atom. The standard InChI is InChI=1S/C31H30ClIN4O7/c1-4-42-30(39)28-18(2)35-31(40)36-29(28)20-10-12-25(26(14-20)41-3)44-17-27(38)37-34-15-19-9-11-24(23(33)13-19)43-16-21-7-5-6-8-22(21)32/h5-15,29H,4,16-17H2,1-3H3,(H,37,38)(H2,35,36,40)/b34-15-/t29-/m0/s1. The average molecular weight is 733 g/mol. The molecule has 1 heterocycles. The molecule has 0 aliphatic carbocycles. The van der Waals surface area contributed by atoms with Crippen LogP contribution in [0.4, 0.5) is 4.79 Å². The number of allylic oxidation sites excluding steroid dienone is 1. The molecule has 3 aromatic rings. The molecule has 3 aromatic carbocycles. The fourth-order valence-corrected chi connectivity index (χ4v) is 5.13. The molecular weight excluding hydrogens is 703 g/mol. The van der Waals surface area contributed by atoms with Crippen LogP contribution in [0.3, 0.4) is 0 Å². The average Bonchev–Trinajstić information content (AvgIpc) is 3.00. The van der Waals surface area contributed by atoms with Crippen molar-refractivity contribution in [3.8, 4) is 17.2 Å². The smallest absolute Gasteiger partial charge is 0.338 e. The molecule has 0 fully saturated rings. The second kappa shape index (κ2) is 15.4. The Kier molecular flexibility index (Phi) is 11.4. The van der Waals surface area contributed by atoms with Gasteiger partial charge in [0.25, 0.3) is 5.91 Å². The van der Waals surface area contributed by atoms with Crippen LogP contribution in [0.5, 0.6) is 17.2 Å². The highest BCUT2D eigenvalue weighted by atomic mass is 127. The van der Waals surface area contributed by atoms with E-state index in [1.807, 2.05) is 42.5 Å². The molecule has 0 radical (unpaired) electrons. The van der Waals surface area contributed by atoms with Crippen molar-refractivity contribution in [1.82, 2.24) is 16.1 Å². The van der Waals surface area contributed by atoms with E-state index >= 15 is 0 Å². The summed E-state index contributed by atoms with van der Waals surface area (Å²) in [4.78, 5) is 37.2. The lowest BCUT2D eigenvalue weighted by Crippen LogP contribution is -2.45. The van der Waals surface area contributed by atoms with Gasteiger partial charge in [-0.1, -0.05) is 35.9 Å². The van der Waals surface area contributed by atoms with Crippen molar-refractivity contribution in [3.63, 3.8) is 0 Å². The predicted molar refractivity (Wildman–Crippen MR) is 173 cm³/mol. The van der Waals surface area contributed by atoms with Gasteiger partial charge in [-0.25, -0.2) is 15.0 Å². The number of nitrogens with zero attached hydrogens (tertiary/aromatic N) is 1. The molecule has 11 nitrogen and oxygen atoms in total. The predicted octanol–water partition coefficient (Wildman–Crippen LogP) is 5.25. The summed E-state index contributed by atoms with van der Waals surface area (Å²) < 4.78 is 23.0. The van der Waals surface area contributed by atoms with Crippen LogP contribution >= 0.6 is 34.2 Å². The highest BCUT2D eigenvalue weighted by molar-refractivity contribution is 14.1. The van der Waals surface area contributed by atoms with Crippen molar-refractivity contribution in [2.75, 3.05) is 20.3 Å². The van der Waals surface area contributed by atoms with Gasteiger partial charge in [-0.15, -0.1) is 0 Å². The van der Waals surface area contributed by atoms with Crippen LogP contribution in [0, 0.1) is 3.57 Å². The SMILES string of the molecule is CCOC(=O)C1=C(C)NC(=O)N[C@H]1c1ccc(OCC(=O)N/N=C\c2ccc(OCc3ccccc3Cl)c(I)c2)c(OC)c1. The van der Waals surface area contributed by atoms with E-state index in [1.54, 1.807) is 32.0 Å². The first-order valence-corrected chi connectivity index (χ1v) is 14.9. The van der Waals surface area contributed by atoms with Crippen LogP contribution in [0.15, 0.2) is 77.0 Å². The van der Waals surface area contributed by atoms with Gasteiger partial charge in [-0.05, 0) is 84.0 Å². The first kappa shape index (κ1) is 32.6. The maximum Gasteiger partial charge on any atom is 0.338 e. The quantitative estimate of drug-likeness (QED) is 0.100. The highest BCUT2D eigenvalue weighted by Gasteiger charge is 2.32. The Morgan fingerprint density at radius 2 is 1.84 bits per heavy atom. The van der Waals surface area contributed by atoms with Crippen LogP contribution in [-0.4, -0.2) is 44.4 Å². The lowest BCUT2D eigenvalue weighted by Gasteiger charge is -2.28. The topological polar surface area (TPSA) is 137 Å². The molecule has 0 bridgehead atoms. The Balaban J connectivity index is 1.34. The molecule has 3 amide bonds. The molecule has 1 aliphatic heterocycles. The third-order valence-electron chi connectivity index (χ3n) is 6.34. The summed E-state index contributed by atoms with van der Waals surface area (Å²) in [5.74, 6) is 0.252. The molecule has 0 spiro atoms. The lowest BCUT2D eigenvalue weighted by atomic mass is 9.95. The molecule has 0 saturated carbocycles. The largest absolute Gasteiger partial charge is 0.493 e. The van der Waals surface area contributed by atoms with Gasteiger partial charge in [-0.2, -0.15) is 5.10 Å². The van der Waals surface area contributed by atoms with Gasteiger partial charge in [0.2, 0.25) is 0 Å². The number of nitrogens with one attached hydrogen (secondary N) is 3. The van der Waals surface area contributed by atoms with Gasteiger partial charge < -0.3 is 29.6 Å². The molecule has 44 heavy (non-hydrogen) atoms. The Morgan fingerprint density at radius 1 is 1.07 bits per heavy atom. The van der Waals surface area contributed by atoms with Crippen molar-refractivity contribution in [2.45, 2.75) is 26.5 Å². The first-order valence-electron chi connectivity index (χ1n) is 13.4. The first-order chi connectivity index (χ1) is 21.2. The second-order valence-corrected chi connectivity index (χ2v) is 10.9. The maximum atomic E-state index is 12.6. The van der Waals surface area contributed by atoms with Gasteiger partial charge in [0.05, 0.1) is 35.1 Å². The number of hydrogen-bond donors (Lipinski definition) is 3. The van der Waals surface area contributed by atoms with Gasteiger partial charge >= 0.3 is 12.0 Å². The lowest BCUT2D eigenvalue weighted by molar-refractivity contribution is -0.139. The number of methoxy groups -OCH3 is 1. The van der Waals surface area contributed by atoms with Crippen molar-refractivity contribution in [3.05, 3.63) is 97.2 Å². The number of hydrazone groups is 1. The van der Waals surface area contributed by atoms with E-state index in [-0.39, 0.29) is 24.5 Å². The number of benzene rings is 3. The molecule has 0 saturated heterocycles. The molecule has 1 atom stereocenters. The number of esters is 1. The molecule has 0 unspecified atom stereocenters. The van der Waals surface area contributed by atoms with E-state index in [2.05, 4.69) is 43.8 Å². The van der Waals surface area contributed by atoms with E-state index in [9.17, 15) is 14.4 Å². The zero-order valence-electron chi connectivity index (χ0n) is 24.1. The van der Waals surface area contributed by atoms with Gasteiger partial charge in [-0.3, -0.25) is 4.79 Å². The van der Waals surface area contributed by atoms with E-state index < -0.39 is 23.9 Å². The second-order valence-electron chi connectivity index (χ2n) is 9.35. The normalized spacial score (nSPS) is 14.5. The number of urea groups is 1. The van der Waals surface area contributed by atoms with Gasteiger partial charge in [0.1, 0.15) is 12.4 Å². The van der Waals surface area contributed by atoms with Crippen LogP contribution in [-0.2, 0) is 20.9 Å². The monoisotopic (exact) mass is 732 g/mol. The number of carbonyl (C=O) groups is 3. The van der Waals surface area contributed by atoms with E-state index in [4.69, 9.17) is 30.5 Å². The Labute approximate surface area is 273 Å².